The minimum Gasteiger partial charge on any atom is -0.494 e. The highest BCUT2D eigenvalue weighted by Crippen LogP contribution is 2.25. The number of benzene rings is 1. The zero-order valence-corrected chi connectivity index (χ0v) is 10.9. The van der Waals surface area contributed by atoms with E-state index < -0.39 is 22.2 Å². The summed E-state index contributed by atoms with van der Waals surface area (Å²) < 4.78 is 66.5. The zero-order valence-electron chi connectivity index (χ0n) is 10.1. The van der Waals surface area contributed by atoms with Gasteiger partial charge in [0.15, 0.2) is 0 Å². The summed E-state index contributed by atoms with van der Waals surface area (Å²) in [4.78, 5) is 0. The van der Waals surface area contributed by atoms with E-state index >= 15 is 0 Å². The van der Waals surface area contributed by atoms with Crippen LogP contribution in [0.2, 0.25) is 0 Å². The molecule has 0 saturated carbocycles. The Morgan fingerprint density at radius 1 is 1.16 bits per heavy atom. The molecular formula is C11H13F3O4S. The van der Waals surface area contributed by atoms with Crippen LogP contribution in [0.25, 0.3) is 0 Å². The van der Waals surface area contributed by atoms with Crippen molar-refractivity contribution in [1.29, 1.82) is 0 Å². The fourth-order valence-corrected chi connectivity index (χ4v) is 1.54. The third-order valence-corrected chi connectivity index (χ3v) is 3.06. The normalized spacial score (nSPS) is 12.4. The average molecular weight is 298 g/mol. The number of halogens is 3. The topological polar surface area (TPSA) is 52.6 Å². The molecular weight excluding hydrogens is 285 g/mol. The monoisotopic (exact) mass is 298 g/mol. The molecule has 0 bridgehead atoms. The highest BCUT2D eigenvalue weighted by Gasteiger charge is 2.47. The van der Waals surface area contributed by atoms with Crippen molar-refractivity contribution in [3.63, 3.8) is 0 Å². The largest absolute Gasteiger partial charge is 0.523 e. The van der Waals surface area contributed by atoms with Gasteiger partial charge in [0.2, 0.25) is 0 Å². The fraction of sp³-hybridized carbons (Fsp3) is 0.455. The molecule has 0 radical (unpaired) electrons. The first-order chi connectivity index (χ1) is 8.76. The van der Waals surface area contributed by atoms with Gasteiger partial charge in [-0.1, -0.05) is 19.1 Å². The van der Waals surface area contributed by atoms with Gasteiger partial charge >= 0.3 is 15.6 Å². The van der Waals surface area contributed by atoms with Gasteiger partial charge in [-0.05, 0) is 24.1 Å². The molecule has 4 nitrogen and oxygen atoms in total. The van der Waals surface area contributed by atoms with E-state index in [-0.39, 0.29) is 0 Å². The average Bonchev–Trinajstić information content (AvgIpc) is 2.34. The van der Waals surface area contributed by atoms with Crippen LogP contribution in [0.15, 0.2) is 24.3 Å². The van der Waals surface area contributed by atoms with Crippen LogP contribution in [0, 0.1) is 0 Å². The molecule has 108 valence electrons. The summed E-state index contributed by atoms with van der Waals surface area (Å²) in [6, 6.07) is 5.96. The fourth-order valence-electron chi connectivity index (χ4n) is 1.11. The van der Waals surface area contributed by atoms with E-state index in [4.69, 9.17) is 4.74 Å². The standard InChI is InChI=1S/C11H13F3O4S/c1-2-7-17-10-5-3-9(4-6-10)8-18-19(15,16)11(12,13)14/h3-6H,2,7-8H2,1H3. The molecule has 0 aliphatic rings. The van der Waals surface area contributed by atoms with E-state index in [2.05, 4.69) is 4.18 Å². The van der Waals surface area contributed by atoms with Crippen molar-refractivity contribution in [3.8, 4) is 5.75 Å². The molecule has 19 heavy (non-hydrogen) atoms. The maximum Gasteiger partial charge on any atom is 0.523 e. The van der Waals surface area contributed by atoms with Gasteiger partial charge in [0.1, 0.15) is 5.75 Å². The second-order valence-electron chi connectivity index (χ2n) is 3.65. The number of hydrogen-bond donors (Lipinski definition) is 0. The van der Waals surface area contributed by atoms with E-state index in [1.54, 1.807) is 0 Å². The molecule has 0 aromatic heterocycles. The molecule has 0 aliphatic carbocycles. The molecule has 1 aromatic rings. The minimum atomic E-state index is -5.55. The van der Waals surface area contributed by atoms with Gasteiger partial charge in [-0.3, -0.25) is 4.18 Å². The Morgan fingerprint density at radius 3 is 2.21 bits per heavy atom. The van der Waals surface area contributed by atoms with Crippen molar-refractivity contribution >= 4 is 10.1 Å². The summed E-state index contributed by atoms with van der Waals surface area (Å²) in [5.74, 6) is 0.560. The van der Waals surface area contributed by atoms with Crippen molar-refractivity contribution in [3.05, 3.63) is 29.8 Å². The van der Waals surface area contributed by atoms with E-state index in [1.807, 2.05) is 6.92 Å². The van der Waals surface area contributed by atoms with E-state index in [9.17, 15) is 21.6 Å². The summed E-state index contributed by atoms with van der Waals surface area (Å²) in [5.41, 5.74) is -5.10. The number of hydrogen-bond acceptors (Lipinski definition) is 4. The molecule has 0 aliphatic heterocycles. The maximum atomic E-state index is 12.0. The molecule has 0 fully saturated rings. The Labute approximate surface area is 109 Å². The quantitative estimate of drug-likeness (QED) is 0.598. The third-order valence-electron chi connectivity index (χ3n) is 2.06. The highest BCUT2D eigenvalue weighted by atomic mass is 32.2. The van der Waals surface area contributed by atoms with Crippen molar-refractivity contribution in [2.24, 2.45) is 0 Å². The second kappa shape index (κ2) is 6.25. The Kier molecular flexibility index (Phi) is 5.19. The first kappa shape index (κ1) is 15.8. The molecule has 8 heteroatoms. The van der Waals surface area contributed by atoms with Gasteiger partial charge in [-0.2, -0.15) is 21.6 Å². The Balaban J connectivity index is 2.60. The van der Waals surface area contributed by atoms with Crippen molar-refractivity contribution in [1.82, 2.24) is 0 Å². The Morgan fingerprint density at radius 2 is 1.74 bits per heavy atom. The van der Waals surface area contributed by atoms with Crippen LogP contribution < -0.4 is 4.74 Å². The van der Waals surface area contributed by atoms with Crippen molar-refractivity contribution in [2.45, 2.75) is 25.5 Å². The van der Waals surface area contributed by atoms with Crippen LogP contribution in [-0.2, 0) is 20.9 Å². The third kappa shape index (κ3) is 4.71. The highest BCUT2D eigenvalue weighted by molar-refractivity contribution is 7.87. The first-order valence-electron chi connectivity index (χ1n) is 5.43. The molecule has 1 rings (SSSR count). The lowest BCUT2D eigenvalue weighted by molar-refractivity contribution is -0.0547. The van der Waals surface area contributed by atoms with Gasteiger partial charge in [0.25, 0.3) is 0 Å². The molecule has 0 spiro atoms. The summed E-state index contributed by atoms with van der Waals surface area (Å²) in [7, 11) is -5.55. The second-order valence-corrected chi connectivity index (χ2v) is 5.26. The molecule has 0 N–H and O–H groups in total. The molecule has 0 heterocycles. The molecule has 0 saturated heterocycles. The van der Waals surface area contributed by atoms with Crippen LogP contribution in [0.3, 0.4) is 0 Å². The van der Waals surface area contributed by atoms with Crippen LogP contribution in [-0.4, -0.2) is 20.5 Å². The summed E-state index contributed by atoms with van der Waals surface area (Å²) in [6.45, 7) is 1.79. The van der Waals surface area contributed by atoms with Crippen LogP contribution >= 0.6 is 0 Å². The predicted octanol–water partition coefficient (Wildman–Crippen LogP) is 2.84. The maximum absolute atomic E-state index is 12.0. The lowest BCUT2D eigenvalue weighted by atomic mass is 10.2. The summed E-state index contributed by atoms with van der Waals surface area (Å²) in [5, 5.41) is 0. The van der Waals surface area contributed by atoms with Crippen LogP contribution in [0.4, 0.5) is 13.2 Å². The number of alkyl halides is 3. The van der Waals surface area contributed by atoms with Gasteiger partial charge < -0.3 is 4.74 Å². The lowest BCUT2D eigenvalue weighted by Crippen LogP contribution is -2.25. The van der Waals surface area contributed by atoms with Gasteiger partial charge in [0.05, 0.1) is 13.2 Å². The summed E-state index contributed by atoms with van der Waals surface area (Å²) in [6.07, 6.45) is 0.828. The molecule has 0 amide bonds. The summed E-state index contributed by atoms with van der Waals surface area (Å²) >= 11 is 0. The first-order valence-corrected chi connectivity index (χ1v) is 6.84. The molecule has 0 unspecified atom stereocenters. The van der Waals surface area contributed by atoms with Crippen LogP contribution in [0.5, 0.6) is 5.75 Å². The van der Waals surface area contributed by atoms with Crippen molar-refractivity contribution in [2.75, 3.05) is 6.61 Å². The minimum absolute atomic E-state index is 0.302. The van der Waals surface area contributed by atoms with Crippen molar-refractivity contribution < 1.29 is 30.5 Å². The van der Waals surface area contributed by atoms with E-state index in [0.717, 1.165) is 6.42 Å². The van der Waals surface area contributed by atoms with Gasteiger partial charge in [-0.25, -0.2) is 0 Å². The predicted molar refractivity (Wildman–Crippen MR) is 62.0 cm³/mol. The molecule has 0 atom stereocenters. The SMILES string of the molecule is CCCOc1ccc(COS(=O)(=O)C(F)(F)F)cc1. The smallest absolute Gasteiger partial charge is 0.494 e. The van der Waals surface area contributed by atoms with Gasteiger partial charge in [0, 0.05) is 0 Å². The number of ether oxygens (including phenoxy) is 1. The number of rotatable bonds is 6. The van der Waals surface area contributed by atoms with E-state index in [0.29, 0.717) is 17.9 Å². The lowest BCUT2D eigenvalue weighted by Gasteiger charge is -2.09. The Bertz CT molecular complexity index is 494. The van der Waals surface area contributed by atoms with Gasteiger partial charge in [-0.15, -0.1) is 0 Å². The zero-order chi connectivity index (χ0) is 14.5. The Hall–Kier alpha value is -1.28. The molecule has 1 aromatic carbocycles. The van der Waals surface area contributed by atoms with Crippen LogP contribution in [0.1, 0.15) is 18.9 Å². The van der Waals surface area contributed by atoms with E-state index in [1.165, 1.54) is 24.3 Å².